The highest BCUT2D eigenvalue weighted by atomic mass is 16.2. The van der Waals surface area contributed by atoms with Crippen molar-refractivity contribution in [3.63, 3.8) is 0 Å². The molecule has 1 aliphatic rings. The molecule has 1 fully saturated rings. The molecule has 0 saturated carbocycles. The van der Waals surface area contributed by atoms with E-state index in [1.165, 1.54) is 17.7 Å². The van der Waals surface area contributed by atoms with E-state index in [1.807, 2.05) is 38.1 Å². The van der Waals surface area contributed by atoms with Gasteiger partial charge in [0.25, 0.3) is 0 Å². The number of primary amides is 1. The SMILES string of the molecule is C=C/C(=C\C=C(/C)C(=O)N1CCC(C(=O)c2ccc(CC)cc2)CC1)C(N)=O.CC. The number of ketones is 1. The molecule has 2 rings (SSSR count). The molecule has 1 heterocycles. The lowest BCUT2D eigenvalue weighted by atomic mass is 9.88. The molecule has 5 nitrogen and oxygen atoms in total. The number of hydrogen-bond acceptors (Lipinski definition) is 3. The predicted octanol–water partition coefficient (Wildman–Crippen LogP) is 4.24. The number of nitrogens with zero attached hydrogens (tertiary/aromatic N) is 1. The molecular formula is C25H34N2O3. The summed E-state index contributed by atoms with van der Waals surface area (Å²) in [7, 11) is 0. The molecule has 162 valence electrons. The van der Waals surface area contributed by atoms with E-state index in [1.54, 1.807) is 17.9 Å². The summed E-state index contributed by atoms with van der Waals surface area (Å²) in [5.74, 6) is -0.579. The van der Waals surface area contributed by atoms with Crippen LogP contribution in [0.2, 0.25) is 0 Å². The third-order valence-corrected chi connectivity index (χ3v) is 5.15. The fourth-order valence-corrected chi connectivity index (χ4v) is 3.27. The summed E-state index contributed by atoms with van der Waals surface area (Å²) in [6.07, 6.45) is 6.70. The molecule has 1 aromatic carbocycles. The van der Waals surface area contributed by atoms with Crippen LogP contribution in [-0.4, -0.2) is 35.6 Å². The lowest BCUT2D eigenvalue weighted by molar-refractivity contribution is -0.128. The number of amides is 2. The molecule has 0 aromatic heterocycles. The van der Waals surface area contributed by atoms with E-state index in [-0.39, 0.29) is 23.2 Å². The molecular weight excluding hydrogens is 376 g/mol. The minimum Gasteiger partial charge on any atom is -0.366 e. The van der Waals surface area contributed by atoms with Crippen LogP contribution in [0.15, 0.2) is 60.2 Å². The van der Waals surface area contributed by atoms with Gasteiger partial charge in [0.15, 0.2) is 5.78 Å². The molecule has 0 spiro atoms. The average Bonchev–Trinajstić information content (AvgIpc) is 2.79. The molecule has 0 radical (unpaired) electrons. The summed E-state index contributed by atoms with van der Waals surface area (Å²) in [6.45, 7) is 12.4. The number of nitrogens with two attached hydrogens (primary N) is 1. The second kappa shape index (κ2) is 12.6. The fourth-order valence-electron chi connectivity index (χ4n) is 3.27. The van der Waals surface area contributed by atoms with Gasteiger partial charge in [-0.3, -0.25) is 14.4 Å². The number of aryl methyl sites for hydroxylation is 1. The Labute approximate surface area is 180 Å². The second-order valence-corrected chi connectivity index (χ2v) is 7.02. The maximum absolute atomic E-state index is 12.7. The van der Waals surface area contributed by atoms with Gasteiger partial charge in [-0.05, 0) is 37.8 Å². The van der Waals surface area contributed by atoms with Crippen molar-refractivity contribution in [2.24, 2.45) is 11.7 Å². The lowest BCUT2D eigenvalue weighted by Gasteiger charge is -2.31. The minimum absolute atomic E-state index is 0.0528. The average molecular weight is 411 g/mol. The number of Topliss-reactive ketones (excluding diaryl/α,β-unsaturated/α-hetero) is 1. The van der Waals surface area contributed by atoms with Crippen molar-refractivity contribution in [2.75, 3.05) is 13.1 Å². The second-order valence-electron chi connectivity index (χ2n) is 7.02. The van der Waals surface area contributed by atoms with Gasteiger partial charge in [0.05, 0.1) is 0 Å². The van der Waals surface area contributed by atoms with E-state index < -0.39 is 5.91 Å². The summed E-state index contributed by atoms with van der Waals surface area (Å²) < 4.78 is 0. The van der Waals surface area contributed by atoms with Crippen molar-refractivity contribution >= 4 is 17.6 Å². The van der Waals surface area contributed by atoms with E-state index in [0.29, 0.717) is 31.5 Å². The van der Waals surface area contributed by atoms with Crippen LogP contribution in [0.5, 0.6) is 0 Å². The number of hydrogen-bond donors (Lipinski definition) is 1. The van der Waals surface area contributed by atoms with Gasteiger partial charge in [-0.2, -0.15) is 0 Å². The third-order valence-electron chi connectivity index (χ3n) is 5.15. The van der Waals surface area contributed by atoms with Crippen molar-refractivity contribution in [2.45, 2.75) is 47.0 Å². The van der Waals surface area contributed by atoms with Crippen LogP contribution >= 0.6 is 0 Å². The predicted molar refractivity (Wildman–Crippen MR) is 122 cm³/mol. The van der Waals surface area contributed by atoms with E-state index in [2.05, 4.69) is 13.5 Å². The zero-order valence-electron chi connectivity index (χ0n) is 18.6. The normalized spacial score (nSPS) is 15.1. The Bertz CT molecular complexity index is 811. The van der Waals surface area contributed by atoms with E-state index >= 15 is 0 Å². The van der Waals surface area contributed by atoms with E-state index in [0.717, 1.165) is 12.0 Å². The molecule has 2 amide bonds. The van der Waals surface area contributed by atoms with Gasteiger partial charge < -0.3 is 10.6 Å². The fraction of sp³-hybridized carbons (Fsp3) is 0.400. The van der Waals surface area contributed by atoms with E-state index in [9.17, 15) is 14.4 Å². The summed E-state index contributed by atoms with van der Waals surface area (Å²) in [6, 6.07) is 7.79. The van der Waals surface area contributed by atoms with Gasteiger partial charge in [0, 0.05) is 35.7 Å². The third kappa shape index (κ3) is 6.83. The van der Waals surface area contributed by atoms with Crippen molar-refractivity contribution in [3.8, 4) is 0 Å². The highest BCUT2D eigenvalue weighted by Crippen LogP contribution is 2.23. The number of carbonyl (C=O) groups excluding carboxylic acids is 3. The molecule has 1 aromatic rings. The first-order valence-electron chi connectivity index (χ1n) is 10.6. The molecule has 2 N–H and O–H groups in total. The van der Waals surface area contributed by atoms with Gasteiger partial charge in [-0.1, -0.05) is 63.8 Å². The highest BCUT2D eigenvalue weighted by molar-refractivity contribution is 5.98. The Balaban J connectivity index is 0.00000218. The van der Waals surface area contributed by atoms with Crippen LogP contribution in [-0.2, 0) is 16.0 Å². The molecule has 1 aliphatic heterocycles. The molecule has 0 aliphatic carbocycles. The van der Waals surface area contributed by atoms with Gasteiger partial charge >= 0.3 is 0 Å². The number of benzene rings is 1. The topological polar surface area (TPSA) is 80.5 Å². The summed E-state index contributed by atoms with van der Waals surface area (Å²) in [4.78, 5) is 38.2. The number of carbonyl (C=O) groups is 3. The van der Waals surface area contributed by atoms with E-state index in [4.69, 9.17) is 5.73 Å². The largest absolute Gasteiger partial charge is 0.366 e. The molecule has 30 heavy (non-hydrogen) atoms. The maximum Gasteiger partial charge on any atom is 0.249 e. The zero-order chi connectivity index (χ0) is 22.7. The minimum atomic E-state index is -0.585. The van der Waals surface area contributed by atoms with Gasteiger partial charge in [0.2, 0.25) is 11.8 Å². The quantitative estimate of drug-likeness (QED) is 0.415. The first kappa shape index (κ1) is 25.1. The first-order chi connectivity index (χ1) is 14.4. The molecule has 1 saturated heterocycles. The maximum atomic E-state index is 12.7. The Morgan fingerprint density at radius 3 is 2.13 bits per heavy atom. The molecule has 0 unspecified atom stereocenters. The van der Waals surface area contributed by atoms with Crippen LogP contribution in [0.1, 0.15) is 56.5 Å². The first-order valence-corrected chi connectivity index (χ1v) is 10.6. The van der Waals surface area contributed by atoms with Crippen LogP contribution < -0.4 is 5.73 Å². The highest BCUT2D eigenvalue weighted by Gasteiger charge is 2.28. The summed E-state index contributed by atoms with van der Waals surface area (Å²) in [5, 5.41) is 0. The van der Waals surface area contributed by atoms with Crippen molar-refractivity contribution < 1.29 is 14.4 Å². The van der Waals surface area contributed by atoms with Gasteiger partial charge in [-0.15, -0.1) is 0 Å². The van der Waals surface area contributed by atoms with Crippen molar-refractivity contribution in [1.29, 1.82) is 0 Å². The smallest absolute Gasteiger partial charge is 0.249 e. The van der Waals surface area contributed by atoms with Crippen molar-refractivity contribution in [1.82, 2.24) is 4.90 Å². The van der Waals surface area contributed by atoms with Crippen LogP contribution in [0.4, 0.5) is 0 Å². The Hall–Kier alpha value is -2.95. The van der Waals surface area contributed by atoms with Crippen LogP contribution in [0.25, 0.3) is 0 Å². The standard InChI is InChI=1S/C23H28N2O3.C2H6/c1-4-17-7-10-19(11-8-17)21(26)20-12-14-25(15-13-20)23(28)16(3)6-9-18(5-2)22(24)27;1-2/h5-11,20H,2,4,12-15H2,1,3H3,(H2,24,27);1-2H3/b16-6+,18-9+;. The number of rotatable bonds is 7. The summed E-state index contributed by atoms with van der Waals surface area (Å²) >= 11 is 0. The number of likely N-dealkylation sites (tertiary alicyclic amines) is 1. The summed E-state index contributed by atoms with van der Waals surface area (Å²) in [5.41, 5.74) is 7.95. The molecule has 0 atom stereocenters. The molecule has 5 heteroatoms. The van der Waals surface area contributed by atoms with Crippen molar-refractivity contribution in [3.05, 3.63) is 71.3 Å². The Kier molecular flexibility index (Phi) is 10.5. The zero-order valence-corrected chi connectivity index (χ0v) is 18.6. The van der Waals surface area contributed by atoms with Crippen LogP contribution in [0.3, 0.4) is 0 Å². The van der Waals surface area contributed by atoms with Gasteiger partial charge in [-0.25, -0.2) is 0 Å². The monoisotopic (exact) mass is 410 g/mol. The number of piperidine rings is 1. The Morgan fingerprint density at radius 1 is 1.10 bits per heavy atom. The molecule has 0 bridgehead atoms. The van der Waals surface area contributed by atoms with Gasteiger partial charge in [0.1, 0.15) is 0 Å². The van der Waals surface area contributed by atoms with Crippen LogP contribution in [0, 0.1) is 5.92 Å². The lowest BCUT2D eigenvalue weighted by Crippen LogP contribution is -2.40. The number of allylic oxidation sites excluding steroid dienone is 2. The Morgan fingerprint density at radius 2 is 1.67 bits per heavy atom.